The van der Waals surface area contributed by atoms with Gasteiger partial charge in [-0.15, -0.1) is 0 Å². The van der Waals surface area contributed by atoms with Crippen molar-refractivity contribution in [3.8, 4) is 22.3 Å². The number of hydrogen-bond donors (Lipinski definition) is 4. The van der Waals surface area contributed by atoms with Crippen molar-refractivity contribution in [1.82, 2.24) is 0 Å². The van der Waals surface area contributed by atoms with Gasteiger partial charge in [0.05, 0.1) is 0 Å². The topological polar surface area (TPSA) is 80.9 Å². The number of benzene rings is 4. The number of rotatable bonds is 4. The highest BCUT2D eigenvalue weighted by molar-refractivity contribution is 6.59. The summed E-state index contributed by atoms with van der Waals surface area (Å²) >= 11 is 0. The Balaban J connectivity index is 0.000000171. The summed E-state index contributed by atoms with van der Waals surface area (Å²) in [5.74, 6) is 0. The molecule has 148 valence electrons. The molecule has 0 radical (unpaired) electrons. The largest absolute Gasteiger partial charge is 0.488 e. The van der Waals surface area contributed by atoms with E-state index in [1.54, 1.807) is 24.3 Å². The molecule has 4 aromatic carbocycles. The predicted octanol–water partition coefficient (Wildman–Crippen LogP) is 2.07. The minimum Gasteiger partial charge on any atom is -0.423 e. The molecule has 4 nitrogen and oxygen atoms in total. The lowest BCUT2D eigenvalue weighted by Crippen LogP contribution is -2.29. The number of hydrogen-bond acceptors (Lipinski definition) is 4. The molecule has 0 amide bonds. The molecule has 0 saturated carbocycles. The molecule has 0 atom stereocenters. The van der Waals surface area contributed by atoms with Crippen LogP contribution < -0.4 is 10.9 Å². The normalized spacial score (nSPS) is 10.0. The van der Waals surface area contributed by atoms with Crippen LogP contribution in [0.4, 0.5) is 0 Å². The lowest BCUT2D eigenvalue weighted by atomic mass is 9.79. The van der Waals surface area contributed by atoms with Gasteiger partial charge in [-0.1, -0.05) is 109 Å². The van der Waals surface area contributed by atoms with Gasteiger partial charge in [0.2, 0.25) is 0 Å². The van der Waals surface area contributed by atoms with Crippen molar-refractivity contribution < 1.29 is 20.1 Å². The van der Waals surface area contributed by atoms with E-state index in [0.717, 1.165) is 22.3 Å². The van der Waals surface area contributed by atoms with Gasteiger partial charge in [0, 0.05) is 0 Å². The van der Waals surface area contributed by atoms with Crippen LogP contribution in [0.3, 0.4) is 0 Å². The second-order valence-corrected chi connectivity index (χ2v) is 6.73. The first-order valence-corrected chi connectivity index (χ1v) is 9.57. The van der Waals surface area contributed by atoms with Gasteiger partial charge in [0.15, 0.2) is 0 Å². The molecule has 0 unspecified atom stereocenters. The fourth-order valence-corrected chi connectivity index (χ4v) is 3.02. The Bertz CT molecular complexity index is 968. The lowest BCUT2D eigenvalue weighted by Gasteiger charge is -2.04. The van der Waals surface area contributed by atoms with Gasteiger partial charge in [-0.05, 0) is 33.2 Å². The molecule has 4 N–H and O–H groups in total. The predicted molar refractivity (Wildman–Crippen MR) is 123 cm³/mol. The van der Waals surface area contributed by atoms with Gasteiger partial charge in [0.25, 0.3) is 0 Å². The molecular formula is C24H22B2O4. The Hall–Kier alpha value is -3.15. The van der Waals surface area contributed by atoms with Gasteiger partial charge in [-0.2, -0.15) is 0 Å². The van der Waals surface area contributed by atoms with Crippen LogP contribution in [-0.4, -0.2) is 34.3 Å². The zero-order valence-corrected chi connectivity index (χ0v) is 16.3. The van der Waals surface area contributed by atoms with E-state index in [1.807, 2.05) is 84.9 Å². The van der Waals surface area contributed by atoms with Crippen molar-refractivity contribution in [1.29, 1.82) is 0 Å². The molecule has 0 aliphatic carbocycles. The van der Waals surface area contributed by atoms with Crippen LogP contribution in [0.5, 0.6) is 0 Å². The molecule has 0 aliphatic rings. The third-order valence-electron chi connectivity index (χ3n) is 4.58. The SMILES string of the molecule is OB(O)c1cccc(-c2ccccc2)c1.OB(O)c1cccc(-c2ccccc2)c1. The van der Waals surface area contributed by atoms with E-state index in [0.29, 0.717) is 10.9 Å². The molecule has 0 spiro atoms. The van der Waals surface area contributed by atoms with Gasteiger partial charge in [0.1, 0.15) is 0 Å². The van der Waals surface area contributed by atoms with E-state index in [-0.39, 0.29) is 0 Å². The molecule has 0 fully saturated rings. The molecule has 0 saturated heterocycles. The first kappa shape index (κ1) is 21.6. The average Bonchev–Trinajstić information content (AvgIpc) is 2.81. The molecular weight excluding hydrogens is 374 g/mol. The smallest absolute Gasteiger partial charge is 0.423 e. The van der Waals surface area contributed by atoms with Crippen LogP contribution in [0.15, 0.2) is 109 Å². The first-order chi connectivity index (χ1) is 14.5. The molecule has 0 aromatic heterocycles. The Morgan fingerprint density at radius 1 is 0.367 bits per heavy atom. The molecule has 0 aliphatic heterocycles. The highest BCUT2D eigenvalue weighted by Gasteiger charge is 2.11. The monoisotopic (exact) mass is 396 g/mol. The van der Waals surface area contributed by atoms with E-state index >= 15 is 0 Å². The summed E-state index contributed by atoms with van der Waals surface area (Å²) in [5.41, 5.74) is 5.13. The third-order valence-corrected chi connectivity index (χ3v) is 4.58. The van der Waals surface area contributed by atoms with Crippen LogP contribution in [0.2, 0.25) is 0 Å². The second kappa shape index (κ2) is 10.6. The lowest BCUT2D eigenvalue weighted by molar-refractivity contribution is 0.424. The van der Waals surface area contributed by atoms with Gasteiger partial charge in [-0.3, -0.25) is 0 Å². The average molecular weight is 396 g/mol. The second-order valence-electron chi connectivity index (χ2n) is 6.73. The summed E-state index contributed by atoms with van der Waals surface area (Å²) in [6.45, 7) is 0. The van der Waals surface area contributed by atoms with Crippen LogP contribution in [0.1, 0.15) is 0 Å². The highest BCUT2D eigenvalue weighted by Crippen LogP contribution is 2.17. The summed E-state index contributed by atoms with van der Waals surface area (Å²) in [6.07, 6.45) is 0. The molecule has 0 heterocycles. The quantitative estimate of drug-likeness (QED) is 0.399. The molecule has 0 bridgehead atoms. The molecule has 4 rings (SSSR count). The Morgan fingerprint density at radius 3 is 1.03 bits per heavy atom. The van der Waals surface area contributed by atoms with E-state index in [2.05, 4.69) is 0 Å². The summed E-state index contributed by atoms with van der Waals surface area (Å²) < 4.78 is 0. The maximum Gasteiger partial charge on any atom is 0.488 e. The summed E-state index contributed by atoms with van der Waals surface area (Å²) in [7, 11) is -2.82. The van der Waals surface area contributed by atoms with Crippen molar-refractivity contribution in [2.75, 3.05) is 0 Å². The van der Waals surface area contributed by atoms with E-state index in [4.69, 9.17) is 20.1 Å². The summed E-state index contributed by atoms with van der Waals surface area (Å²) in [6, 6.07) is 34.1. The van der Waals surface area contributed by atoms with E-state index in [1.165, 1.54) is 0 Å². The Kier molecular flexibility index (Phi) is 7.60. The van der Waals surface area contributed by atoms with Gasteiger partial charge >= 0.3 is 14.2 Å². The van der Waals surface area contributed by atoms with Crippen molar-refractivity contribution in [2.24, 2.45) is 0 Å². The maximum absolute atomic E-state index is 9.05. The summed E-state index contributed by atoms with van der Waals surface area (Å²) in [5, 5.41) is 36.2. The van der Waals surface area contributed by atoms with Crippen LogP contribution in [0.25, 0.3) is 22.3 Å². The minimum absolute atomic E-state index is 0.511. The van der Waals surface area contributed by atoms with Crippen molar-refractivity contribution >= 4 is 25.2 Å². The van der Waals surface area contributed by atoms with Crippen molar-refractivity contribution in [3.05, 3.63) is 109 Å². The first-order valence-electron chi connectivity index (χ1n) is 9.57. The standard InChI is InChI=1S/2C12H11BO2/c2*14-13(15)12-8-4-7-11(9-12)10-5-2-1-3-6-10/h2*1-9,14-15H. The zero-order valence-electron chi connectivity index (χ0n) is 16.3. The van der Waals surface area contributed by atoms with E-state index < -0.39 is 14.2 Å². The van der Waals surface area contributed by atoms with Crippen molar-refractivity contribution in [3.63, 3.8) is 0 Å². The molecule has 6 heteroatoms. The van der Waals surface area contributed by atoms with Crippen molar-refractivity contribution in [2.45, 2.75) is 0 Å². The third kappa shape index (κ3) is 5.92. The fourth-order valence-electron chi connectivity index (χ4n) is 3.02. The van der Waals surface area contributed by atoms with Gasteiger partial charge < -0.3 is 20.1 Å². The van der Waals surface area contributed by atoms with Crippen LogP contribution >= 0.6 is 0 Å². The summed E-state index contributed by atoms with van der Waals surface area (Å²) in [4.78, 5) is 0. The van der Waals surface area contributed by atoms with E-state index in [9.17, 15) is 0 Å². The Morgan fingerprint density at radius 2 is 0.700 bits per heavy atom. The fraction of sp³-hybridized carbons (Fsp3) is 0. The highest BCUT2D eigenvalue weighted by atomic mass is 16.4. The van der Waals surface area contributed by atoms with Crippen LogP contribution in [0, 0.1) is 0 Å². The molecule has 4 aromatic rings. The molecule has 30 heavy (non-hydrogen) atoms. The minimum atomic E-state index is -1.41. The van der Waals surface area contributed by atoms with Crippen LogP contribution in [-0.2, 0) is 0 Å². The Labute approximate surface area is 177 Å². The maximum atomic E-state index is 9.05. The van der Waals surface area contributed by atoms with Gasteiger partial charge in [-0.25, -0.2) is 0 Å². The zero-order chi connectivity index (χ0) is 21.3.